The first-order valence-corrected chi connectivity index (χ1v) is 12.9. The number of rotatable bonds is 4. The lowest BCUT2D eigenvalue weighted by Crippen LogP contribution is -2.49. The Bertz CT molecular complexity index is 1490. The van der Waals surface area contributed by atoms with Gasteiger partial charge in [0, 0.05) is 30.0 Å². The van der Waals surface area contributed by atoms with Gasteiger partial charge in [-0.25, -0.2) is 9.78 Å². The van der Waals surface area contributed by atoms with E-state index in [4.69, 9.17) is 0 Å². The summed E-state index contributed by atoms with van der Waals surface area (Å²) in [6.45, 7) is 4.64. The number of hydrogen-bond donors (Lipinski definition) is 2. The van der Waals surface area contributed by atoms with Crippen LogP contribution < -0.4 is 15.5 Å². The van der Waals surface area contributed by atoms with Crippen molar-refractivity contribution in [3.05, 3.63) is 60.1 Å². The number of likely N-dealkylation sites (tertiary alicyclic amines) is 1. The molecule has 2 aliphatic rings. The molecule has 1 saturated heterocycles. The summed E-state index contributed by atoms with van der Waals surface area (Å²) in [6, 6.07) is 11.3. The third-order valence-electron chi connectivity index (χ3n) is 6.33. The van der Waals surface area contributed by atoms with Crippen molar-refractivity contribution in [2.75, 3.05) is 23.3 Å². The Hall–Kier alpha value is -3.76. The third kappa shape index (κ3) is 3.65. The number of thiophene rings is 2. The normalized spacial score (nSPS) is 17.5. The summed E-state index contributed by atoms with van der Waals surface area (Å²) in [5, 5.41) is 8.62. The molecular weight excluding hydrogens is 482 g/mol. The molecule has 35 heavy (non-hydrogen) atoms. The van der Waals surface area contributed by atoms with Crippen molar-refractivity contribution in [2.45, 2.75) is 18.9 Å². The largest absolute Gasteiger partial charge is 0.347 e. The molecular formula is C25H21N5O3S2. The molecule has 5 heterocycles. The average Bonchev–Trinajstić information content (AvgIpc) is 3.46. The van der Waals surface area contributed by atoms with Gasteiger partial charge in [-0.15, -0.1) is 22.7 Å². The Kier molecular flexibility index (Phi) is 5.27. The molecule has 8 nitrogen and oxygen atoms in total. The van der Waals surface area contributed by atoms with E-state index in [-0.39, 0.29) is 23.9 Å². The predicted octanol–water partition coefficient (Wildman–Crippen LogP) is 5.10. The fourth-order valence-electron chi connectivity index (χ4n) is 4.72. The standard InChI is InChI=1S/C25H21N5O3S2/c1-2-18(31)29-11-5-7-15(13-29)27-23(32)22-21-20-16(9-10-26-24(20)35-22)30(25(33)28-21)19-12-14-6-3-4-8-17(14)34-19/h2-4,6,8-10,12,15H,1,5,7,11,13H2,(H,27,32)(H,28,33). The lowest BCUT2D eigenvalue weighted by molar-refractivity contribution is -0.127. The van der Waals surface area contributed by atoms with Gasteiger partial charge in [-0.2, -0.15) is 0 Å². The fraction of sp³-hybridized carbons (Fsp3) is 0.200. The van der Waals surface area contributed by atoms with Crippen molar-refractivity contribution in [3.8, 4) is 0 Å². The van der Waals surface area contributed by atoms with E-state index in [0.717, 1.165) is 33.3 Å². The van der Waals surface area contributed by atoms with Crippen LogP contribution in [0.15, 0.2) is 55.3 Å². The molecule has 4 aromatic rings. The zero-order chi connectivity index (χ0) is 24.1. The van der Waals surface area contributed by atoms with Crippen molar-refractivity contribution < 1.29 is 14.4 Å². The Balaban J connectivity index is 1.34. The molecule has 4 amide bonds. The second-order valence-electron chi connectivity index (χ2n) is 8.51. The maximum absolute atomic E-state index is 13.3. The monoisotopic (exact) mass is 503 g/mol. The first-order chi connectivity index (χ1) is 17.0. The Morgan fingerprint density at radius 3 is 2.91 bits per heavy atom. The van der Waals surface area contributed by atoms with Crippen LogP contribution in [0.3, 0.4) is 0 Å². The minimum Gasteiger partial charge on any atom is -0.347 e. The smallest absolute Gasteiger partial charge is 0.331 e. The van der Waals surface area contributed by atoms with Gasteiger partial charge in [0.15, 0.2) is 0 Å². The highest BCUT2D eigenvalue weighted by atomic mass is 32.1. The number of pyridine rings is 1. The summed E-state index contributed by atoms with van der Waals surface area (Å²) in [5.41, 5.74) is 1.19. The summed E-state index contributed by atoms with van der Waals surface area (Å²) in [4.78, 5) is 47.5. The zero-order valence-corrected chi connectivity index (χ0v) is 20.2. The molecule has 1 aromatic carbocycles. The lowest BCUT2D eigenvalue weighted by Gasteiger charge is -2.32. The number of piperidine rings is 1. The van der Waals surface area contributed by atoms with E-state index >= 15 is 0 Å². The summed E-state index contributed by atoms with van der Waals surface area (Å²) >= 11 is 2.79. The highest BCUT2D eigenvalue weighted by molar-refractivity contribution is 7.23. The van der Waals surface area contributed by atoms with Crippen LogP contribution >= 0.6 is 22.7 Å². The third-order valence-corrected chi connectivity index (χ3v) is 8.53. The van der Waals surface area contributed by atoms with Crippen molar-refractivity contribution in [1.82, 2.24) is 15.2 Å². The van der Waals surface area contributed by atoms with Crippen LogP contribution in [0.1, 0.15) is 22.5 Å². The van der Waals surface area contributed by atoms with Crippen molar-refractivity contribution in [2.24, 2.45) is 0 Å². The maximum Gasteiger partial charge on any atom is 0.331 e. The maximum atomic E-state index is 13.3. The second kappa shape index (κ2) is 8.47. The molecule has 0 bridgehead atoms. The van der Waals surface area contributed by atoms with Crippen LogP contribution in [-0.4, -0.2) is 46.9 Å². The van der Waals surface area contributed by atoms with Crippen molar-refractivity contribution in [3.63, 3.8) is 0 Å². The van der Waals surface area contributed by atoms with Crippen LogP contribution in [0.2, 0.25) is 0 Å². The molecule has 1 atom stereocenters. The predicted molar refractivity (Wildman–Crippen MR) is 140 cm³/mol. The first-order valence-electron chi connectivity index (χ1n) is 11.3. The number of urea groups is 1. The van der Waals surface area contributed by atoms with Gasteiger partial charge in [0.1, 0.15) is 14.7 Å². The molecule has 6 rings (SSSR count). The number of carbonyl (C=O) groups excluding carboxylic acids is 3. The Morgan fingerprint density at radius 2 is 2.09 bits per heavy atom. The fourth-order valence-corrected chi connectivity index (χ4v) is 6.81. The summed E-state index contributed by atoms with van der Waals surface area (Å²) in [5.74, 6) is -0.411. The molecule has 176 valence electrons. The van der Waals surface area contributed by atoms with Gasteiger partial charge in [0.2, 0.25) is 5.91 Å². The Morgan fingerprint density at radius 1 is 1.23 bits per heavy atom. The number of nitrogens with zero attached hydrogens (tertiary/aromatic N) is 3. The number of hydrogen-bond acceptors (Lipinski definition) is 6. The molecule has 2 N–H and O–H groups in total. The molecule has 0 radical (unpaired) electrons. The number of carbonyl (C=O) groups is 3. The van der Waals surface area contributed by atoms with E-state index in [0.29, 0.717) is 34.2 Å². The van der Waals surface area contributed by atoms with Crippen LogP contribution in [0.25, 0.3) is 20.3 Å². The van der Waals surface area contributed by atoms with Gasteiger partial charge in [-0.05, 0) is 42.5 Å². The molecule has 2 aliphatic heterocycles. The number of amides is 4. The summed E-state index contributed by atoms with van der Waals surface area (Å²) in [7, 11) is 0. The van der Waals surface area contributed by atoms with Gasteiger partial charge in [-0.1, -0.05) is 24.8 Å². The van der Waals surface area contributed by atoms with Gasteiger partial charge >= 0.3 is 6.03 Å². The number of nitrogens with one attached hydrogen (secondary N) is 2. The van der Waals surface area contributed by atoms with Gasteiger partial charge in [-0.3, -0.25) is 14.5 Å². The van der Waals surface area contributed by atoms with E-state index in [1.807, 2.05) is 36.4 Å². The van der Waals surface area contributed by atoms with E-state index < -0.39 is 0 Å². The van der Waals surface area contributed by atoms with Crippen LogP contribution in [0.4, 0.5) is 21.2 Å². The van der Waals surface area contributed by atoms with Crippen LogP contribution in [0.5, 0.6) is 0 Å². The minimum atomic E-state index is -0.315. The molecule has 3 aromatic heterocycles. The highest BCUT2D eigenvalue weighted by Gasteiger charge is 2.34. The topological polar surface area (TPSA) is 94.6 Å². The molecule has 10 heteroatoms. The van der Waals surface area contributed by atoms with Crippen LogP contribution in [0, 0.1) is 0 Å². The number of anilines is 3. The number of benzene rings is 1. The minimum absolute atomic E-state index is 0.136. The van der Waals surface area contributed by atoms with Crippen molar-refractivity contribution in [1.29, 1.82) is 0 Å². The molecule has 1 fully saturated rings. The van der Waals surface area contributed by atoms with E-state index in [1.165, 1.54) is 28.7 Å². The quantitative estimate of drug-likeness (QED) is 0.379. The molecule has 0 spiro atoms. The van der Waals surface area contributed by atoms with Gasteiger partial charge in [0.25, 0.3) is 5.91 Å². The summed E-state index contributed by atoms with van der Waals surface area (Å²) in [6.07, 6.45) is 4.54. The molecule has 1 unspecified atom stereocenters. The average molecular weight is 504 g/mol. The summed E-state index contributed by atoms with van der Waals surface area (Å²) < 4.78 is 1.09. The van der Waals surface area contributed by atoms with E-state index in [1.54, 1.807) is 16.0 Å². The first kappa shape index (κ1) is 21.8. The highest BCUT2D eigenvalue weighted by Crippen LogP contribution is 2.47. The zero-order valence-electron chi connectivity index (χ0n) is 18.6. The van der Waals surface area contributed by atoms with Crippen molar-refractivity contribution >= 4 is 77.2 Å². The van der Waals surface area contributed by atoms with Crippen LogP contribution in [-0.2, 0) is 4.79 Å². The number of aromatic nitrogens is 1. The van der Waals surface area contributed by atoms with Gasteiger partial charge in [0.05, 0.1) is 16.8 Å². The lowest BCUT2D eigenvalue weighted by atomic mass is 10.1. The van der Waals surface area contributed by atoms with E-state index in [2.05, 4.69) is 22.2 Å². The Labute approximate surface area is 208 Å². The molecule has 0 aliphatic carbocycles. The SMILES string of the molecule is C=CC(=O)N1CCCC(NC(=O)c2sc3nccc4c3c2NC(=O)N4c2cc3ccccc3s2)C1. The second-order valence-corrected chi connectivity index (χ2v) is 10.6. The van der Waals surface area contributed by atoms with Gasteiger partial charge < -0.3 is 15.5 Å². The number of fused-ring (bicyclic) bond motifs is 1. The molecule has 0 saturated carbocycles. The van der Waals surface area contributed by atoms with E-state index in [9.17, 15) is 14.4 Å².